The molecule has 1 aliphatic heterocycles. The Labute approximate surface area is 125 Å². The van der Waals surface area contributed by atoms with Gasteiger partial charge in [-0.2, -0.15) is 0 Å². The molecule has 1 fully saturated rings. The van der Waals surface area contributed by atoms with Gasteiger partial charge in [-0.25, -0.2) is 0 Å². The van der Waals surface area contributed by atoms with Crippen molar-refractivity contribution in [3.8, 4) is 0 Å². The highest BCUT2D eigenvalue weighted by Gasteiger charge is 2.18. The van der Waals surface area contributed by atoms with Crippen LogP contribution in [0.1, 0.15) is 19.4 Å². The topological polar surface area (TPSA) is 61.6 Å². The standard InChI is InChI=1S/C15H24N4O2/c1-3-16-14-11-13(5-6-15(14)19(20)21)12-18-9-7-17(4-2)8-10-18/h5-6,11,16H,3-4,7-10,12H2,1-2H3. The average Bonchev–Trinajstić information content (AvgIpc) is 2.48. The van der Waals surface area contributed by atoms with Crippen LogP contribution in [0.15, 0.2) is 18.2 Å². The minimum absolute atomic E-state index is 0.149. The molecule has 1 N–H and O–H groups in total. The first-order valence-corrected chi connectivity index (χ1v) is 7.60. The third-order valence-corrected chi connectivity index (χ3v) is 3.94. The van der Waals surface area contributed by atoms with E-state index in [2.05, 4.69) is 22.0 Å². The predicted octanol–water partition coefficient (Wildman–Crippen LogP) is 2.16. The SMILES string of the molecule is CCNc1cc(CN2CCN(CC)CC2)ccc1[N+](=O)[O-]. The van der Waals surface area contributed by atoms with Crippen LogP contribution < -0.4 is 5.32 Å². The molecule has 1 aromatic carbocycles. The molecule has 0 radical (unpaired) electrons. The molecule has 2 rings (SSSR count). The summed E-state index contributed by atoms with van der Waals surface area (Å²) in [7, 11) is 0. The molecule has 0 aromatic heterocycles. The van der Waals surface area contributed by atoms with Gasteiger partial charge in [0, 0.05) is 45.3 Å². The molecule has 0 aliphatic carbocycles. The van der Waals surface area contributed by atoms with Crippen molar-refractivity contribution in [3.05, 3.63) is 33.9 Å². The number of nitrogens with one attached hydrogen (secondary N) is 1. The zero-order valence-corrected chi connectivity index (χ0v) is 12.8. The van der Waals surface area contributed by atoms with E-state index in [4.69, 9.17) is 0 Å². The number of likely N-dealkylation sites (N-methyl/N-ethyl adjacent to an activating group) is 1. The molecule has 6 heteroatoms. The van der Waals surface area contributed by atoms with E-state index < -0.39 is 0 Å². The quantitative estimate of drug-likeness (QED) is 0.643. The predicted molar refractivity (Wildman–Crippen MR) is 84.7 cm³/mol. The molecule has 116 valence electrons. The van der Waals surface area contributed by atoms with E-state index in [0.29, 0.717) is 12.2 Å². The zero-order valence-electron chi connectivity index (χ0n) is 12.8. The molecule has 0 atom stereocenters. The Morgan fingerprint density at radius 3 is 2.43 bits per heavy atom. The number of piperazine rings is 1. The Kier molecular flexibility index (Phi) is 5.52. The number of anilines is 1. The van der Waals surface area contributed by atoms with Crippen LogP contribution in [0.3, 0.4) is 0 Å². The number of hydrogen-bond acceptors (Lipinski definition) is 5. The molecule has 1 saturated heterocycles. The van der Waals surface area contributed by atoms with E-state index in [1.807, 2.05) is 19.1 Å². The second kappa shape index (κ2) is 7.38. The molecule has 0 unspecified atom stereocenters. The average molecular weight is 292 g/mol. The molecule has 1 aromatic rings. The Morgan fingerprint density at radius 2 is 1.86 bits per heavy atom. The Morgan fingerprint density at radius 1 is 1.19 bits per heavy atom. The van der Waals surface area contributed by atoms with Crippen LogP contribution in [-0.2, 0) is 6.54 Å². The van der Waals surface area contributed by atoms with E-state index in [1.54, 1.807) is 6.07 Å². The lowest BCUT2D eigenvalue weighted by Crippen LogP contribution is -2.45. The molecule has 1 aliphatic rings. The normalized spacial score (nSPS) is 16.9. The van der Waals surface area contributed by atoms with Gasteiger partial charge in [0.15, 0.2) is 0 Å². The maximum absolute atomic E-state index is 11.0. The van der Waals surface area contributed by atoms with Crippen LogP contribution in [0, 0.1) is 10.1 Å². The number of benzene rings is 1. The molecular weight excluding hydrogens is 268 g/mol. The fourth-order valence-electron chi connectivity index (χ4n) is 2.69. The molecule has 1 heterocycles. The number of hydrogen-bond donors (Lipinski definition) is 1. The van der Waals surface area contributed by atoms with Crippen molar-refractivity contribution in [1.29, 1.82) is 0 Å². The Hall–Kier alpha value is -1.66. The summed E-state index contributed by atoms with van der Waals surface area (Å²) in [5.74, 6) is 0. The van der Waals surface area contributed by atoms with Gasteiger partial charge in [-0.1, -0.05) is 13.0 Å². The molecular formula is C15H24N4O2. The van der Waals surface area contributed by atoms with Gasteiger partial charge in [0.25, 0.3) is 5.69 Å². The first-order chi connectivity index (χ1) is 10.1. The molecule has 0 bridgehead atoms. The van der Waals surface area contributed by atoms with Gasteiger partial charge in [0.1, 0.15) is 5.69 Å². The van der Waals surface area contributed by atoms with Gasteiger partial charge in [-0.3, -0.25) is 15.0 Å². The van der Waals surface area contributed by atoms with Gasteiger partial charge in [0.2, 0.25) is 0 Å². The summed E-state index contributed by atoms with van der Waals surface area (Å²) < 4.78 is 0. The van der Waals surface area contributed by atoms with E-state index in [0.717, 1.165) is 44.8 Å². The Bertz CT molecular complexity index is 485. The summed E-state index contributed by atoms with van der Waals surface area (Å²) in [5, 5.41) is 14.1. The first kappa shape index (κ1) is 15.7. The van der Waals surface area contributed by atoms with Crippen LogP contribution in [0.2, 0.25) is 0 Å². The van der Waals surface area contributed by atoms with Crippen LogP contribution in [0.25, 0.3) is 0 Å². The summed E-state index contributed by atoms with van der Waals surface area (Å²) >= 11 is 0. The fourth-order valence-corrected chi connectivity index (χ4v) is 2.69. The van der Waals surface area contributed by atoms with Crippen molar-refractivity contribution < 1.29 is 4.92 Å². The molecule has 0 spiro atoms. The van der Waals surface area contributed by atoms with Crippen molar-refractivity contribution in [1.82, 2.24) is 9.80 Å². The second-order valence-corrected chi connectivity index (χ2v) is 5.35. The molecule has 0 saturated carbocycles. The highest BCUT2D eigenvalue weighted by Crippen LogP contribution is 2.26. The largest absolute Gasteiger partial charge is 0.380 e. The summed E-state index contributed by atoms with van der Waals surface area (Å²) in [6.07, 6.45) is 0. The van der Waals surface area contributed by atoms with Crippen molar-refractivity contribution in [3.63, 3.8) is 0 Å². The van der Waals surface area contributed by atoms with Gasteiger partial charge >= 0.3 is 0 Å². The number of rotatable bonds is 6. The summed E-state index contributed by atoms with van der Waals surface area (Å²) in [4.78, 5) is 15.5. The highest BCUT2D eigenvalue weighted by molar-refractivity contribution is 5.62. The number of nitro benzene ring substituents is 1. The monoisotopic (exact) mass is 292 g/mol. The zero-order chi connectivity index (χ0) is 15.2. The van der Waals surface area contributed by atoms with E-state index in [1.165, 1.54) is 0 Å². The first-order valence-electron chi connectivity index (χ1n) is 7.60. The van der Waals surface area contributed by atoms with Crippen molar-refractivity contribution in [2.75, 3.05) is 44.6 Å². The van der Waals surface area contributed by atoms with Crippen LogP contribution in [0.5, 0.6) is 0 Å². The van der Waals surface area contributed by atoms with Crippen molar-refractivity contribution >= 4 is 11.4 Å². The van der Waals surface area contributed by atoms with Crippen LogP contribution in [0.4, 0.5) is 11.4 Å². The molecule has 21 heavy (non-hydrogen) atoms. The van der Waals surface area contributed by atoms with Gasteiger partial charge in [-0.05, 0) is 25.1 Å². The van der Waals surface area contributed by atoms with E-state index >= 15 is 0 Å². The van der Waals surface area contributed by atoms with E-state index in [-0.39, 0.29) is 10.6 Å². The lowest BCUT2D eigenvalue weighted by Gasteiger charge is -2.34. The van der Waals surface area contributed by atoms with Crippen molar-refractivity contribution in [2.24, 2.45) is 0 Å². The number of nitrogens with zero attached hydrogens (tertiary/aromatic N) is 3. The van der Waals surface area contributed by atoms with Gasteiger partial charge in [-0.15, -0.1) is 0 Å². The van der Waals surface area contributed by atoms with Gasteiger partial charge < -0.3 is 10.2 Å². The van der Waals surface area contributed by atoms with Crippen LogP contribution in [-0.4, -0.2) is 54.0 Å². The smallest absolute Gasteiger partial charge is 0.292 e. The van der Waals surface area contributed by atoms with Gasteiger partial charge in [0.05, 0.1) is 4.92 Å². The Balaban J connectivity index is 2.03. The third-order valence-electron chi connectivity index (χ3n) is 3.94. The lowest BCUT2D eigenvalue weighted by molar-refractivity contribution is -0.384. The second-order valence-electron chi connectivity index (χ2n) is 5.35. The number of nitro groups is 1. The highest BCUT2D eigenvalue weighted by atomic mass is 16.6. The summed E-state index contributed by atoms with van der Waals surface area (Å²) in [6, 6.07) is 5.38. The molecule has 0 amide bonds. The fraction of sp³-hybridized carbons (Fsp3) is 0.600. The maximum Gasteiger partial charge on any atom is 0.292 e. The maximum atomic E-state index is 11.0. The van der Waals surface area contributed by atoms with Crippen molar-refractivity contribution in [2.45, 2.75) is 20.4 Å². The van der Waals surface area contributed by atoms with E-state index in [9.17, 15) is 10.1 Å². The lowest BCUT2D eigenvalue weighted by atomic mass is 10.1. The minimum Gasteiger partial charge on any atom is -0.380 e. The molecule has 6 nitrogen and oxygen atoms in total. The van der Waals surface area contributed by atoms with Crippen LogP contribution >= 0.6 is 0 Å². The summed E-state index contributed by atoms with van der Waals surface area (Å²) in [5.41, 5.74) is 1.89. The minimum atomic E-state index is -0.332. The third kappa shape index (κ3) is 4.15. The summed E-state index contributed by atoms with van der Waals surface area (Å²) in [6.45, 7) is 11.1.